The van der Waals surface area contributed by atoms with Crippen LogP contribution in [0.15, 0.2) is 30.9 Å². The Kier molecular flexibility index (Phi) is 4.22. The number of nitrogens with zero attached hydrogens (tertiary/aromatic N) is 4. The number of nitrogens with one attached hydrogen (secondary N) is 1. The van der Waals surface area contributed by atoms with Gasteiger partial charge in [0.15, 0.2) is 0 Å². The average Bonchev–Trinajstić information content (AvgIpc) is 2.98. The normalized spacial score (nSPS) is 12.1. The van der Waals surface area contributed by atoms with Gasteiger partial charge in [0.1, 0.15) is 6.33 Å². The van der Waals surface area contributed by atoms with E-state index in [0.717, 1.165) is 12.0 Å². The van der Waals surface area contributed by atoms with Gasteiger partial charge in [-0.3, -0.25) is 14.9 Å². The Morgan fingerprint density at radius 3 is 2.95 bits per heavy atom. The number of carbonyl (C=O) groups is 1. The SMILES string of the molecule is CC[C@H](C)N(Cc1cccnc1)C(=O)c1ncn[nH]1. The molecule has 0 aliphatic heterocycles. The van der Waals surface area contributed by atoms with Gasteiger partial charge in [0.05, 0.1) is 0 Å². The van der Waals surface area contributed by atoms with Crippen LogP contribution in [0.4, 0.5) is 0 Å². The van der Waals surface area contributed by atoms with Crippen molar-refractivity contribution < 1.29 is 4.79 Å². The van der Waals surface area contributed by atoms with Gasteiger partial charge in [0, 0.05) is 25.0 Å². The van der Waals surface area contributed by atoms with E-state index in [-0.39, 0.29) is 17.8 Å². The van der Waals surface area contributed by atoms with Crippen LogP contribution in [-0.2, 0) is 6.54 Å². The number of pyridine rings is 1. The van der Waals surface area contributed by atoms with Crippen LogP contribution in [0.2, 0.25) is 0 Å². The Balaban J connectivity index is 2.19. The Hall–Kier alpha value is -2.24. The van der Waals surface area contributed by atoms with E-state index in [2.05, 4.69) is 27.1 Å². The van der Waals surface area contributed by atoms with Gasteiger partial charge in [-0.05, 0) is 25.0 Å². The first-order chi connectivity index (χ1) is 9.22. The minimum absolute atomic E-state index is 0.123. The fraction of sp³-hybridized carbons (Fsp3) is 0.385. The van der Waals surface area contributed by atoms with Gasteiger partial charge in [0.25, 0.3) is 5.91 Å². The second-order valence-corrected chi connectivity index (χ2v) is 4.39. The Bertz CT molecular complexity index is 511. The largest absolute Gasteiger partial charge is 0.329 e. The van der Waals surface area contributed by atoms with Crippen molar-refractivity contribution in [2.24, 2.45) is 0 Å². The van der Waals surface area contributed by atoms with E-state index in [4.69, 9.17) is 0 Å². The number of rotatable bonds is 5. The summed E-state index contributed by atoms with van der Waals surface area (Å²) in [6.07, 6.45) is 5.70. The van der Waals surface area contributed by atoms with Crippen molar-refractivity contribution in [1.82, 2.24) is 25.1 Å². The molecule has 0 saturated carbocycles. The summed E-state index contributed by atoms with van der Waals surface area (Å²) in [5.41, 5.74) is 0.996. The van der Waals surface area contributed by atoms with E-state index in [1.54, 1.807) is 17.3 Å². The van der Waals surface area contributed by atoms with Crippen LogP contribution < -0.4 is 0 Å². The smallest absolute Gasteiger partial charge is 0.291 e. The zero-order valence-corrected chi connectivity index (χ0v) is 11.1. The standard InChI is InChI=1S/C13H17N5O/c1-3-10(2)18(8-11-5-4-6-14-7-11)13(19)12-15-9-16-17-12/h4-7,9-10H,3,8H2,1-2H3,(H,15,16,17)/t10-/m0/s1. The van der Waals surface area contributed by atoms with Crippen LogP contribution in [0, 0.1) is 0 Å². The Morgan fingerprint density at radius 1 is 1.53 bits per heavy atom. The van der Waals surface area contributed by atoms with E-state index >= 15 is 0 Å². The molecular formula is C13H17N5O. The molecule has 2 heterocycles. The lowest BCUT2D eigenvalue weighted by molar-refractivity contribution is 0.0659. The predicted octanol–water partition coefficient (Wildman–Crippen LogP) is 1.64. The van der Waals surface area contributed by atoms with Gasteiger partial charge in [-0.15, -0.1) is 0 Å². The lowest BCUT2D eigenvalue weighted by atomic mass is 10.1. The average molecular weight is 259 g/mol. The minimum Gasteiger partial charge on any atom is -0.329 e. The molecule has 1 atom stereocenters. The third-order valence-corrected chi connectivity index (χ3v) is 3.08. The number of hydrogen-bond donors (Lipinski definition) is 1. The van der Waals surface area contributed by atoms with Gasteiger partial charge in [-0.25, -0.2) is 4.98 Å². The molecule has 1 amide bonds. The van der Waals surface area contributed by atoms with E-state index < -0.39 is 0 Å². The molecule has 0 unspecified atom stereocenters. The first kappa shape index (κ1) is 13.2. The molecule has 6 nitrogen and oxygen atoms in total. The number of hydrogen-bond acceptors (Lipinski definition) is 4. The van der Waals surface area contributed by atoms with Gasteiger partial charge in [-0.2, -0.15) is 5.10 Å². The third kappa shape index (κ3) is 3.15. The molecule has 1 N–H and O–H groups in total. The van der Waals surface area contributed by atoms with Gasteiger partial charge in [-0.1, -0.05) is 13.0 Å². The number of aromatic nitrogens is 4. The maximum absolute atomic E-state index is 12.4. The zero-order chi connectivity index (χ0) is 13.7. The summed E-state index contributed by atoms with van der Waals surface area (Å²) in [6.45, 7) is 4.58. The lowest BCUT2D eigenvalue weighted by Gasteiger charge is -2.27. The van der Waals surface area contributed by atoms with Crippen LogP contribution in [-0.4, -0.2) is 37.0 Å². The Labute approximate surface area is 111 Å². The van der Waals surface area contributed by atoms with Crippen molar-refractivity contribution in [2.75, 3.05) is 0 Å². The van der Waals surface area contributed by atoms with Gasteiger partial charge in [0.2, 0.25) is 5.82 Å². The second kappa shape index (κ2) is 6.08. The molecule has 0 saturated heterocycles. The van der Waals surface area contributed by atoms with Crippen LogP contribution in [0.1, 0.15) is 36.5 Å². The molecule has 0 aliphatic rings. The first-order valence-electron chi connectivity index (χ1n) is 6.27. The van der Waals surface area contributed by atoms with Gasteiger partial charge < -0.3 is 4.90 Å². The summed E-state index contributed by atoms with van der Waals surface area (Å²) in [5.74, 6) is 0.125. The summed E-state index contributed by atoms with van der Waals surface area (Å²) < 4.78 is 0. The van der Waals surface area contributed by atoms with E-state index in [9.17, 15) is 4.79 Å². The predicted molar refractivity (Wildman–Crippen MR) is 70.2 cm³/mol. The molecule has 0 radical (unpaired) electrons. The van der Waals surface area contributed by atoms with Crippen LogP contribution in [0.5, 0.6) is 0 Å². The number of aromatic amines is 1. The van der Waals surface area contributed by atoms with Crippen molar-refractivity contribution >= 4 is 5.91 Å². The van der Waals surface area contributed by atoms with Crippen LogP contribution in [0.25, 0.3) is 0 Å². The molecule has 0 aromatic carbocycles. The van der Waals surface area contributed by atoms with Crippen LogP contribution in [0.3, 0.4) is 0 Å². The molecule has 2 rings (SSSR count). The third-order valence-electron chi connectivity index (χ3n) is 3.08. The highest BCUT2D eigenvalue weighted by molar-refractivity contribution is 5.90. The molecule has 2 aromatic heterocycles. The molecular weight excluding hydrogens is 242 g/mol. The maximum Gasteiger partial charge on any atom is 0.291 e. The molecule has 100 valence electrons. The number of amides is 1. The molecule has 0 spiro atoms. The van der Waals surface area contributed by atoms with Crippen molar-refractivity contribution in [3.05, 3.63) is 42.2 Å². The summed E-state index contributed by atoms with van der Waals surface area (Å²) >= 11 is 0. The zero-order valence-electron chi connectivity index (χ0n) is 11.1. The molecule has 19 heavy (non-hydrogen) atoms. The summed E-state index contributed by atoms with van der Waals surface area (Å²) in [5, 5.41) is 6.34. The minimum atomic E-state index is -0.143. The van der Waals surface area contributed by atoms with Crippen molar-refractivity contribution in [3.8, 4) is 0 Å². The van der Waals surface area contributed by atoms with Crippen molar-refractivity contribution in [1.29, 1.82) is 0 Å². The molecule has 2 aromatic rings. The Morgan fingerprint density at radius 2 is 2.37 bits per heavy atom. The van der Waals surface area contributed by atoms with Crippen molar-refractivity contribution in [3.63, 3.8) is 0 Å². The highest BCUT2D eigenvalue weighted by Crippen LogP contribution is 2.12. The van der Waals surface area contributed by atoms with E-state index in [1.165, 1.54) is 6.33 Å². The molecule has 0 aliphatic carbocycles. The van der Waals surface area contributed by atoms with E-state index in [0.29, 0.717) is 6.54 Å². The van der Waals surface area contributed by atoms with Crippen molar-refractivity contribution in [2.45, 2.75) is 32.9 Å². The molecule has 0 bridgehead atoms. The van der Waals surface area contributed by atoms with Crippen LogP contribution >= 0.6 is 0 Å². The van der Waals surface area contributed by atoms with E-state index in [1.807, 2.05) is 19.1 Å². The fourth-order valence-corrected chi connectivity index (χ4v) is 1.78. The first-order valence-corrected chi connectivity index (χ1v) is 6.27. The molecule has 6 heteroatoms. The monoisotopic (exact) mass is 259 g/mol. The summed E-state index contributed by atoms with van der Waals surface area (Å²) in [6, 6.07) is 3.94. The fourth-order valence-electron chi connectivity index (χ4n) is 1.78. The van der Waals surface area contributed by atoms with Gasteiger partial charge >= 0.3 is 0 Å². The topological polar surface area (TPSA) is 74.8 Å². The molecule has 0 fully saturated rings. The second-order valence-electron chi connectivity index (χ2n) is 4.39. The highest BCUT2D eigenvalue weighted by atomic mass is 16.2. The maximum atomic E-state index is 12.4. The number of carbonyl (C=O) groups excluding carboxylic acids is 1. The number of H-pyrrole nitrogens is 1. The highest BCUT2D eigenvalue weighted by Gasteiger charge is 2.22. The lowest BCUT2D eigenvalue weighted by Crippen LogP contribution is -2.38. The summed E-state index contributed by atoms with van der Waals surface area (Å²) in [4.78, 5) is 22.2. The quantitative estimate of drug-likeness (QED) is 0.885. The summed E-state index contributed by atoms with van der Waals surface area (Å²) in [7, 11) is 0.